The molecule has 0 radical (unpaired) electrons. The predicted molar refractivity (Wildman–Crippen MR) is 108 cm³/mol. The van der Waals surface area contributed by atoms with Gasteiger partial charge in [-0.05, 0) is 52.4 Å². The van der Waals surface area contributed by atoms with E-state index in [2.05, 4.69) is 5.10 Å². The molecule has 2 aromatic carbocycles. The Morgan fingerprint density at radius 3 is 2.35 bits per heavy atom. The molecule has 0 heterocycles. The summed E-state index contributed by atoms with van der Waals surface area (Å²) in [6.07, 6.45) is -5.85. The van der Waals surface area contributed by atoms with Crippen molar-refractivity contribution in [2.24, 2.45) is 5.10 Å². The zero-order valence-corrected chi connectivity index (χ0v) is 18.3. The van der Waals surface area contributed by atoms with Crippen LogP contribution in [0.3, 0.4) is 0 Å². The summed E-state index contributed by atoms with van der Waals surface area (Å²) in [5, 5.41) is 3.31. The van der Waals surface area contributed by atoms with Gasteiger partial charge in [0.15, 0.2) is 11.5 Å². The predicted octanol–water partition coefficient (Wildman–Crippen LogP) is 6.25. The molecule has 0 fully saturated rings. The fraction of sp³-hybridized carbons (Fsp3) is 0.278. The molecule has 0 saturated heterocycles. The van der Waals surface area contributed by atoms with Gasteiger partial charge < -0.3 is 9.47 Å². The summed E-state index contributed by atoms with van der Waals surface area (Å²) >= 11 is 7.75. The Morgan fingerprint density at radius 1 is 1.10 bits per heavy atom. The molecule has 0 aliphatic rings. The Hall–Kier alpha value is -1.96. The minimum absolute atomic E-state index is 0.000612. The molecule has 4 nitrogen and oxygen atoms in total. The molecule has 0 aromatic heterocycles. The zero-order chi connectivity index (χ0) is 23.4. The quantitative estimate of drug-likeness (QED) is 0.131. The largest absolute Gasteiger partial charge is 0.493 e. The van der Waals surface area contributed by atoms with E-state index in [0.717, 1.165) is 0 Å². The Bertz CT molecular complexity index is 955. The van der Waals surface area contributed by atoms with Crippen molar-refractivity contribution in [1.82, 2.24) is 5.43 Å². The van der Waals surface area contributed by atoms with Gasteiger partial charge in [0, 0.05) is 14.2 Å². The average Bonchev–Trinajstić information content (AvgIpc) is 2.65. The minimum Gasteiger partial charge on any atom is -0.493 e. The number of hydrogen-bond acceptors (Lipinski definition) is 4. The summed E-state index contributed by atoms with van der Waals surface area (Å²) in [6, 6.07) is 3.83. The molecular formula is C18H13ClF7IN2O2. The smallest absolute Gasteiger partial charge is 0.462 e. The molecule has 170 valence electrons. The van der Waals surface area contributed by atoms with Crippen LogP contribution in [0.15, 0.2) is 41.5 Å². The third-order valence-electron chi connectivity index (χ3n) is 3.70. The van der Waals surface area contributed by atoms with E-state index >= 15 is 0 Å². The maximum atomic E-state index is 13.4. The molecule has 0 aliphatic carbocycles. The lowest BCUT2D eigenvalue weighted by Crippen LogP contribution is -2.58. The summed E-state index contributed by atoms with van der Waals surface area (Å²) in [5.74, 6) is -6.19. The Kier molecular flexibility index (Phi) is 7.89. The van der Waals surface area contributed by atoms with Crippen molar-refractivity contribution < 1.29 is 40.2 Å². The summed E-state index contributed by atoms with van der Waals surface area (Å²) < 4.78 is 101. The highest BCUT2D eigenvalue weighted by Crippen LogP contribution is 2.45. The van der Waals surface area contributed by atoms with Gasteiger partial charge >= 0.3 is 18.1 Å². The SMILES string of the molecule is COc1cc(I)cc(/C=N\NC(F)(F)C(F)(F)C(F)(F)F)c1OCc1cccc(Cl)c1. The molecule has 0 amide bonds. The molecule has 1 N–H and O–H groups in total. The topological polar surface area (TPSA) is 42.8 Å². The summed E-state index contributed by atoms with van der Waals surface area (Å²) in [5.41, 5.74) is 1.20. The molecule has 0 bridgehead atoms. The lowest BCUT2D eigenvalue weighted by molar-refractivity contribution is -0.361. The second kappa shape index (κ2) is 9.67. The van der Waals surface area contributed by atoms with Crippen molar-refractivity contribution >= 4 is 40.4 Å². The van der Waals surface area contributed by atoms with E-state index in [1.165, 1.54) is 19.2 Å². The molecule has 31 heavy (non-hydrogen) atoms. The molecule has 0 aliphatic heterocycles. The van der Waals surface area contributed by atoms with E-state index in [-0.39, 0.29) is 23.7 Å². The molecule has 13 heteroatoms. The number of ether oxygens (including phenoxy) is 2. The van der Waals surface area contributed by atoms with Crippen LogP contribution >= 0.6 is 34.2 Å². The normalized spacial score (nSPS) is 12.8. The number of benzene rings is 2. The van der Waals surface area contributed by atoms with Gasteiger partial charge in [-0.2, -0.15) is 35.8 Å². The standard InChI is InChI=1S/C18H13ClF7IN2O2/c1-30-14-7-13(27)6-11(15(14)31-9-10-3-2-4-12(19)5-10)8-28-29-18(25,26)16(20,21)17(22,23)24/h2-8,29H,9H2,1H3/b28-8-. The number of methoxy groups -OCH3 is 1. The van der Waals surface area contributed by atoms with Gasteiger partial charge in [-0.25, -0.2) is 5.43 Å². The molecular weight excluding hydrogens is 572 g/mol. The Labute approximate surface area is 190 Å². The van der Waals surface area contributed by atoms with E-state index in [1.807, 2.05) is 22.6 Å². The van der Waals surface area contributed by atoms with Gasteiger partial charge in [0.05, 0.1) is 13.3 Å². The highest BCUT2D eigenvalue weighted by Gasteiger charge is 2.73. The third-order valence-corrected chi connectivity index (χ3v) is 4.56. The van der Waals surface area contributed by atoms with E-state index in [4.69, 9.17) is 21.1 Å². The first-order chi connectivity index (χ1) is 14.3. The van der Waals surface area contributed by atoms with E-state index in [1.54, 1.807) is 24.3 Å². The van der Waals surface area contributed by atoms with Gasteiger partial charge in [-0.3, -0.25) is 0 Å². The second-order valence-electron chi connectivity index (χ2n) is 5.96. The van der Waals surface area contributed by atoms with Crippen LogP contribution in [-0.2, 0) is 6.61 Å². The van der Waals surface area contributed by atoms with Crippen molar-refractivity contribution in [3.63, 3.8) is 0 Å². The Morgan fingerprint density at radius 2 is 1.77 bits per heavy atom. The lowest BCUT2D eigenvalue weighted by Gasteiger charge is -2.27. The highest BCUT2D eigenvalue weighted by atomic mass is 127. The van der Waals surface area contributed by atoms with Crippen LogP contribution in [-0.4, -0.2) is 31.5 Å². The fourth-order valence-electron chi connectivity index (χ4n) is 2.20. The van der Waals surface area contributed by atoms with Crippen molar-refractivity contribution in [2.75, 3.05) is 7.11 Å². The van der Waals surface area contributed by atoms with Crippen LogP contribution in [0.1, 0.15) is 11.1 Å². The first-order valence-corrected chi connectivity index (χ1v) is 9.61. The molecule has 2 aromatic rings. The number of alkyl halides is 7. The summed E-state index contributed by atoms with van der Waals surface area (Å²) in [7, 11) is 1.30. The summed E-state index contributed by atoms with van der Waals surface area (Å²) in [6.45, 7) is -0.0336. The van der Waals surface area contributed by atoms with Gasteiger partial charge in [-0.1, -0.05) is 23.7 Å². The number of nitrogens with one attached hydrogen (secondary N) is 1. The van der Waals surface area contributed by atoms with E-state index < -0.39 is 18.1 Å². The van der Waals surface area contributed by atoms with Crippen LogP contribution in [0.5, 0.6) is 11.5 Å². The molecule has 0 atom stereocenters. The highest BCUT2D eigenvalue weighted by molar-refractivity contribution is 14.1. The van der Waals surface area contributed by atoms with Crippen molar-refractivity contribution in [3.05, 3.63) is 56.1 Å². The van der Waals surface area contributed by atoms with E-state index in [9.17, 15) is 30.7 Å². The van der Waals surface area contributed by atoms with Crippen LogP contribution in [0.4, 0.5) is 30.7 Å². The Balaban J connectivity index is 2.30. The third kappa shape index (κ3) is 6.05. The molecule has 0 saturated carbocycles. The number of nitrogens with zero attached hydrogens (tertiary/aromatic N) is 1. The van der Waals surface area contributed by atoms with Crippen molar-refractivity contribution in [1.29, 1.82) is 0 Å². The first-order valence-electron chi connectivity index (χ1n) is 8.16. The second-order valence-corrected chi connectivity index (χ2v) is 7.64. The average molecular weight is 585 g/mol. The van der Waals surface area contributed by atoms with Crippen molar-refractivity contribution in [3.8, 4) is 11.5 Å². The van der Waals surface area contributed by atoms with Crippen LogP contribution in [0.2, 0.25) is 5.02 Å². The molecule has 0 spiro atoms. The summed E-state index contributed by atoms with van der Waals surface area (Å²) in [4.78, 5) is 0. The van der Waals surface area contributed by atoms with Gasteiger partial charge in [-0.15, -0.1) is 0 Å². The number of halogens is 9. The molecule has 0 unspecified atom stereocenters. The molecule has 2 rings (SSSR count). The fourth-order valence-corrected chi connectivity index (χ4v) is 3.04. The van der Waals surface area contributed by atoms with Crippen molar-refractivity contribution in [2.45, 2.75) is 24.8 Å². The lowest BCUT2D eigenvalue weighted by atomic mass is 10.2. The van der Waals surface area contributed by atoms with Gasteiger partial charge in [0.25, 0.3) is 0 Å². The first kappa shape index (κ1) is 25.3. The maximum absolute atomic E-state index is 13.4. The number of hydrogen-bond donors (Lipinski definition) is 1. The number of rotatable bonds is 8. The van der Waals surface area contributed by atoms with Gasteiger partial charge in [0.2, 0.25) is 0 Å². The van der Waals surface area contributed by atoms with Gasteiger partial charge in [0.1, 0.15) is 6.61 Å². The van der Waals surface area contributed by atoms with Crippen LogP contribution in [0, 0.1) is 3.57 Å². The minimum atomic E-state index is -6.48. The monoisotopic (exact) mass is 584 g/mol. The van der Waals surface area contributed by atoms with Crippen LogP contribution in [0.25, 0.3) is 0 Å². The number of hydrazone groups is 1. The van der Waals surface area contributed by atoms with E-state index in [0.29, 0.717) is 25.8 Å². The maximum Gasteiger partial charge on any atom is 0.462 e. The zero-order valence-electron chi connectivity index (χ0n) is 15.4. The van der Waals surface area contributed by atoms with Crippen LogP contribution < -0.4 is 14.9 Å².